The highest BCUT2D eigenvalue weighted by Gasteiger charge is 2.08. The molecule has 3 N–H and O–H groups in total. The summed E-state index contributed by atoms with van der Waals surface area (Å²) >= 11 is 3.02. The van der Waals surface area contributed by atoms with E-state index in [0.29, 0.717) is 11.4 Å². The Morgan fingerprint density at radius 2 is 1.83 bits per heavy atom. The Morgan fingerprint density at radius 3 is 2.50 bits per heavy atom. The average molecular weight is 313 g/mol. The second kappa shape index (κ2) is 4.94. The van der Waals surface area contributed by atoms with Gasteiger partial charge in [-0.1, -0.05) is 0 Å². The molecule has 0 unspecified atom stereocenters. The minimum atomic E-state index is -0.648. The first-order valence-electron chi connectivity index (χ1n) is 5.25. The molecule has 0 aromatic heterocycles. The van der Waals surface area contributed by atoms with E-state index in [2.05, 4.69) is 21.2 Å². The van der Waals surface area contributed by atoms with Crippen molar-refractivity contribution in [1.29, 1.82) is 0 Å². The van der Waals surface area contributed by atoms with Gasteiger partial charge in [0.05, 0.1) is 10.2 Å². The second-order valence-electron chi connectivity index (χ2n) is 3.94. The molecule has 2 aromatic carbocycles. The Labute approximate surface area is 112 Å². The van der Waals surface area contributed by atoms with Crippen LogP contribution in [0.4, 0.5) is 25.8 Å². The van der Waals surface area contributed by atoms with Gasteiger partial charge in [-0.05, 0) is 52.7 Å². The summed E-state index contributed by atoms with van der Waals surface area (Å²) in [6.07, 6.45) is 0. The molecule has 18 heavy (non-hydrogen) atoms. The Bertz CT molecular complexity index is 600. The van der Waals surface area contributed by atoms with Gasteiger partial charge in [-0.25, -0.2) is 8.78 Å². The van der Waals surface area contributed by atoms with Crippen molar-refractivity contribution < 1.29 is 8.78 Å². The molecule has 0 radical (unpaired) electrons. The van der Waals surface area contributed by atoms with Gasteiger partial charge in [0.2, 0.25) is 0 Å². The highest BCUT2D eigenvalue weighted by Crippen LogP contribution is 2.27. The lowest BCUT2D eigenvalue weighted by Gasteiger charge is -2.10. The van der Waals surface area contributed by atoms with Gasteiger partial charge in [0.25, 0.3) is 0 Å². The summed E-state index contributed by atoms with van der Waals surface area (Å²) in [6.45, 7) is 1.86. The monoisotopic (exact) mass is 312 g/mol. The molecule has 0 spiro atoms. The van der Waals surface area contributed by atoms with Gasteiger partial charge >= 0.3 is 0 Å². The molecule has 0 heterocycles. The summed E-state index contributed by atoms with van der Waals surface area (Å²) in [6, 6.07) is 7.45. The number of halogens is 3. The lowest BCUT2D eigenvalue weighted by atomic mass is 10.2. The van der Waals surface area contributed by atoms with Crippen LogP contribution in [-0.4, -0.2) is 0 Å². The third-order valence-electron chi connectivity index (χ3n) is 2.56. The maximum atomic E-state index is 13.5. The molecule has 0 saturated carbocycles. The fourth-order valence-corrected chi connectivity index (χ4v) is 1.87. The first kappa shape index (κ1) is 12.8. The molecule has 0 saturated heterocycles. The van der Waals surface area contributed by atoms with E-state index in [-0.39, 0.29) is 10.2 Å². The topological polar surface area (TPSA) is 38.0 Å². The lowest BCUT2D eigenvalue weighted by Crippen LogP contribution is -1.97. The SMILES string of the molecule is Cc1cc(Nc2cc(Br)c(F)cc2F)ccc1N. The zero-order chi connectivity index (χ0) is 13.3. The summed E-state index contributed by atoms with van der Waals surface area (Å²) in [5.74, 6) is -1.28. The van der Waals surface area contributed by atoms with Gasteiger partial charge in [0.15, 0.2) is 0 Å². The highest BCUT2D eigenvalue weighted by molar-refractivity contribution is 9.10. The van der Waals surface area contributed by atoms with Crippen LogP contribution in [0.2, 0.25) is 0 Å². The van der Waals surface area contributed by atoms with Crippen molar-refractivity contribution in [2.45, 2.75) is 6.92 Å². The Kier molecular flexibility index (Phi) is 3.52. The van der Waals surface area contributed by atoms with Gasteiger partial charge in [-0.15, -0.1) is 0 Å². The van der Waals surface area contributed by atoms with E-state index in [0.717, 1.165) is 11.6 Å². The van der Waals surface area contributed by atoms with E-state index in [9.17, 15) is 8.78 Å². The fourth-order valence-electron chi connectivity index (χ4n) is 1.53. The van der Waals surface area contributed by atoms with Crippen LogP contribution < -0.4 is 11.1 Å². The molecular formula is C13H11BrF2N2. The number of nitrogens with one attached hydrogen (secondary N) is 1. The molecule has 2 rings (SSSR count). The third kappa shape index (κ3) is 2.61. The molecule has 0 aliphatic heterocycles. The Hall–Kier alpha value is -1.62. The fraction of sp³-hybridized carbons (Fsp3) is 0.0769. The zero-order valence-electron chi connectivity index (χ0n) is 9.60. The predicted molar refractivity (Wildman–Crippen MR) is 72.9 cm³/mol. The summed E-state index contributed by atoms with van der Waals surface area (Å²) in [7, 11) is 0. The number of nitrogens with two attached hydrogens (primary N) is 1. The largest absolute Gasteiger partial charge is 0.399 e. The minimum Gasteiger partial charge on any atom is -0.399 e. The van der Waals surface area contributed by atoms with Gasteiger partial charge in [-0.3, -0.25) is 0 Å². The van der Waals surface area contributed by atoms with E-state index in [1.807, 2.05) is 6.92 Å². The molecule has 2 aromatic rings. The Morgan fingerprint density at radius 1 is 1.11 bits per heavy atom. The molecule has 0 atom stereocenters. The van der Waals surface area contributed by atoms with Crippen LogP contribution in [0.3, 0.4) is 0 Å². The van der Waals surface area contributed by atoms with Crippen LogP contribution in [0, 0.1) is 18.6 Å². The summed E-state index contributed by atoms with van der Waals surface area (Å²) < 4.78 is 26.8. The molecule has 0 aliphatic carbocycles. The highest BCUT2D eigenvalue weighted by atomic mass is 79.9. The Balaban J connectivity index is 2.34. The van der Waals surface area contributed by atoms with Crippen molar-refractivity contribution >= 4 is 33.0 Å². The molecule has 0 amide bonds. The smallest absolute Gasteiger partial charge is 0.149 e. The first-order chi connectivity index (χ1) is 8.47. The van der Waals surface area contributed by atoms with Gasteiger partial charge < -0.3 is 11.1 Å². The van der Waals surface area contributed by atoms with Crippen LogP contribution >= 0.6 is 15.9 Å². The van der Waals surface area contributed by atoms with Crippen molar-refractivity contribution in [3.05, 3.63) is 52.0 Å². The number of anilines is 3. The number of aryl methyl sites for hydroxylation is 1. The quantitative estimate of drug-likeness (QED) is 0.638. The molecule has 94 valence electrons. The molecule has 0 aliphatic rings. The van der Waals surface area contributed by atoms with Crippen molar-refractivity contribution in [2.75, 3.05) is 11.1 Å². The van der Waals surface area contributed by atoms with Gasteiger partial charge in [0.1, 0.15) is 11.6 Å². The lowest BCUT2D eigenvalue weighted by molar-refractivity contribution is 0.581. The number of hydrogen-bond acceptors (Lipinski definition) is 2. The molecule has 5 heteroatoms. The second-order valence-corrected chi connectivity index (χ2v) is 4.80. The zero-order valence-corrected chi connectivity index (χ0v) is 11.2. The van der Waals surface area contributed by atoms with Gasteiger partial charge in [0, 0.05) is 17.4 Å². The van der Waals surface area contributed by atoms with Crippen molar-refractivity contribution in [2.24, 2.45) is 0 Å². The number of hydrogen-bond donors (Lipinski definition) is 2. The maximum Gasteiger partial charge on any atom is 0.149 e. The van der Waals surface area contributed by atoms with Crippen LogP contribution in [-0.2, 0) is 0 Å². The first-order valence-corrected chi connectivity index (χ1v) is 6.04. The van der Waals surface area contributed by atoms with Crippen molar-refractivity contribution in [1.82, 2.24) is 0 Å². The van der Waals surface area contributed by atoms with E-state index < -0.39 is 11.6 Å². The summed E-state index contributed by atoms with van der Waals surface area (Å²) in [5.41, 5.74) is 8.15. The number of benzene rings is 2. The van der Waals surface area contributed by atoms with Crippen molar-refractivity contribution in [3.63, 3.8) is 0 Å². The predicted octanol–water partition coefficient (Wildman–Crippen LogP) is 4.36. The molecule has 2 nitrogen and oxygen atoms in total. The van der Waals surface area contributed by atoms with E-state index in [1.165, 1.54) is 6.07 Å². The third-order valence-corrected chi connectivity index (χ3v) is 3.17. The van der Waals surface area contributed by atoms with E-state index in [4.69, 9.17) is 5.73 Å². The van der Waals surface area contributed by atoms with E-state index in [1.54, 1.807) is 18.2 Å². The van der Waals surface area contributed by atoms with Crippen LogP contribution in [0.5, 0.6) is 0 Å². The van der Waals surface area contributed by atoms with Crippen LogP contribution in [0.25, 0.3) is 0 Å². The van der Waals surface area contributed by atoms with E-state index >= 15 is 0 Å². The molecule has 0 bridgehead atoms. The van der Waals surface area contributed by atoms with Crippen molar-refractivity contribution in [3.8, 4) is 0 Å². The maximum absolute atomic E-state index is 13.5. The summed E-state index contributed by atoms with van der Waals surface area (Å²) in [4.78, 5) is 0. The average Bonchev–Trinajstić information content (AvgIpc) is 2.31. The standard InChI is InChI=1S/C13H11BrF2N2/c1-7-4-8(2-3-12(7)17)18-13-5-9(14)10(15)6-11(13)16/h2-6,18H,17H2,1H3. The molecular weight excluding hydrogens is 302 g/mol. The normalized spacial score (nSPS) is 10.4. The molecule has 0 fully saturated rings. The van der Waals surface area contributed by atoms with Gasteiger partial charge in [-0.2, -0.15) is 0 Å². The summed E-state index contributed by atoms with van der Waals surface area (Å²) in [5, 5.41) is 2.88. The number of nitrogen functional groups attached to an aromatic ring is 1. The minimum absolute atomic E-state index is 0.201. The number of rotatable bonds is 2. The van der Waals surface area contributed by atoms with Crippen LogP contribution in [0.15, 0.2) is 34.8 Å². The van der Waals surface area contributed by atoms with Crippen LogP contribution in [0.1, 0.15) is 5.56 Å².